The third-order valence-electron chi connectivity index (χ3n) is 4.89. The topological polar surface area (TPSA) is 66.8 Å². The van der Waals surface area contributed by atoms with Crippen molar-refractivity contribution in [2.45, 2.75) is 45.3 Å². The van der Waals surface area contributed by atoms with Crippen molar-refractivity contribution in [1.29, 1.82) is 0 Å². The maximum absolute atomic E-state index is 12.9. The van der Waals surface area contributed by atoms with Crippen molar-refractivity contribution in [3.8, 4) is 0 Å². The minimum Gasteiger partial charge on any atom is -0.481 e. The fourth-order valence-electron chi connectivity index (χ4n) is 3.75. The Morgan fingerprint density at radius 3 is 2.58 bits per heavy atom. The van der Waals surface area contributed by atoms with Crippen LogP contribution < -0.4 is 0 Å². The summed E-state index contributed by atoms with van der Waals surface area (Å²) >= 11 is 0. The Bertz CT molecular complexity index is 774. The molecule has 138 valence electrons. The SMILES string of the molecule is CC(C)(C)OC(=O)N1CCc2ccccc2[C@@H]1C1(C(=O)O)C=CC=CC1. The van der Waals surface area contributed by atoms with E-state index >= 15 is 0 Å². The zero-order chi connectivity index (χ0) is 18.9. The standard InChI is InChI=1S/C21H25NO4/c1-20(2,3)26-19(25)22-14-11-15-9-5-6-10-16(15)17(22)21(18(23)24)12-7-4-8-13-21/h4-10,12,17H,11,13-14H2,1-3H3,(H,23,24)/t17-,21?/m1/s1. The molecule has 2 aliphatic rings. The van der Waals surface area contributed by atoms with Crippen molar-refractivity contribution in [3.05, 3.63) is 59.7 Å². The average molecular weight is 355 g/mol. The number of benzene rings is 1. The summed E-state index contributed by atoms with van der Waals surface area (Å²) in [7, 11) is 0. The average Bonchev–Trinajstić information content (AvgIpc) is 2.59. The number of hydrogen-bond acceptors (Lipinski definition) is 3. The third kappa shape index (κ3) is 3.26. The van der Waals surface area contributed by atoms with E-state index in [2.05, 4.69) is 0 Å². The second kappa shape index (κ2) is 6.63. The number of hydrogen-bond donors (Lipinski definition) is 1. The monoisotopic (exact) mass is 355 g/mol. The highest BCUT2D eigenvalue weighted by Crippen LogP contribution is 2.48. The Balaban J connectivity index is 2.11. The van der Waals surface area contributed by atoms with Gasteiger partial charge >= 0.3 is 12.1 Å². The molecule has 1 aromatic rings. The summed E-state index contributed by atoms with van der Waals surface area (Å²) < 4.78 is 5.59. The van der Waals surface area contributed by atoms with Gasteiger partial charge in [0.2, 0.25) is 0 Å². The second-order valence-electron chi connectivity index (χ2n) is 7.86. The summed E-state index contributed by atoms with van der Waals surface area (Å²) in [4.78, 5) is 26.9. The van der Waals surface area contributed by atoms with Crippen molar-refractivity contribution in [1.82, 2.24) is 4.90 Å². The van der Waals surface area contributed by atoms with Crippen molar-refractivity contribution in [3.63, 3.8) is 0 Å². The van der Waals surface area contributed by atoms with E-state index in [1.54, 1.807) is 17.1 Å². The lowest BCUT2D eigenvalue weighted by Crippen LogP contribution is -2.51. The molecule has 1 amide bonds. The first-order valence-electron chi connectivity index (χ1n) is 8.90. The van der Waals surface area contributed by atoms with E-state index in [-0.39, 0.29) is 0 Å². The Morgan fingerprint density at radius 2 is 1.96 bits per heavy atom. The highest BCUT2D eigenvalue weighted by molar-refractivity contribution is 5.81. The molecule has 0 aromatic heterocycles. The molecule has 0 spiro atoms. The number of carboxylic acid groups (broad SMARTS) is 1. The van der Waals surface area contributed by atoms with Crippen molar-refractivity contribution < 1.29 is 19.4 Å². The summed E-state index contributed by atoms with van der Waals surface area (Å²) in [6.45, 7) is 5.87. The number of allylic oxidation sites excluding steroid dienone is 3. The molecule has 1 aromatic carbocycles. The number of nitrogens with zero attached hydrogens (tertiary/aromatic N) is 1. The molecule has 1 N–H and O–H groups in total. The number of ether oxygens (including phenoxy) is 1. The van der Waals surface area contributed by atoms with Gasteiger partial charge in [-0.3, -0.25) is 9.69 Å². The number of fused-ring (bicyclic) bond motifs is 1. The molecule has 0 fully saturated rings. The van der Waals surface area contributed by atoms with Gasteiger partial charge in [-0.1, -0.05) is 48.6 Å². The van der Waals surface area contributed by atoms with Gasteiger partial charge < -0.3 is 9.84 Å². The van der Waals surface area contributed by atoms with Crippen LogP contribution in [0.2, 0.25) is 0 Å². The number of aliphatic carboxylic acids is 1. The lowest BCUT2D eigenvalue weighted by Gasteiger charge is -2.46. The van der Waals surface area contributed by atoms with Crippen LogP contribution >= 0.6 is 0 Å². The quantitative estimate of drug-likeness (QED) is 0.867. The van der Waals surface area contributed by atoms with Gasteiger partial charge in [-0.25, -0.2) is 4.79 Å². The maximum atomic E-state index is 12.9. The van der Waals surface area contributed by atoms with E-state index in [1.807, 2.05) is 57.2 Å². The van der Waals surface area contributed by atoms with E-state index in [1.165, 1.54) is 0 Å². The normalized spacial score (nSPS) is 24.9. The Kier molecular flexibility index (Phi) is 4.65. The largest absolute Gasteiger partial charge is 0.481 e. The molecule has 1 aliphatic carbocycles. The van der Waals surface area contributed by atoms with Crippen molar-refractivity contribution in [2.24, 2.45) is 5.41 Å². The zero-order valence-electron chi connectivity index (χ0n) is 15.4. The first kappa shape index (κ1) is 18.2. The van der Waals surface area contributed by atoms with E-state index in [4.69, 9.17) is 4.74 Å². The fraction of sp³-hybridized carbons (Fsp3) is 0.429. The van der Waals surface area contributed by atoms with E-state index in [9.17, 15) is 14.7 Å². The number of carbonyl (C=O) groups excluding carboxylic acids is 1. The van der Waals surface area contributed by atoms with Gasteiger partial charge in [-0.15, -0.1) is 0 Å². The fourth-order valence-corrected chi connectivity index (χ4v) is 3.75. The van der Waals surface area contributed by atoms with Crippen LogP contribution in [0.3, 0.4) is 0 Å². The molecule has 2 atom stereocenters. The molecule has 1 heterocycles. The smallest absolute Gasteiger partial charge is 0.410 e. The summed E-state index contributed by atoms with van der Waals surface area (Å²) in [5, 5.41) is 10.1. The number of carboxylic acids is 1. The van der Waals surface area contributed by atoms with Crippen LogP contribution in [0, 0.1) is 5.41 Å². The van der Waals surface area contributed by atoms with Gasteiger partial charge in [0.1, 0.15) is 11.0 Å². The molecular weight excluding hydrogens is 330 g/mol. The molecule has 1 aliphatic heterocycles. The number of carbonyl (C=O) groups is 2. The predicted octanol–water partition coefficient (Wildman–Crippen LogP) is 4.11. The van der Waals surface area contributed by atoms with Crippen LogP contribution in [0.15, 0.2) is 48.6 Å². The van der Waals surface area contributed by atoms with Gasteiger partial charge in [0.05, 0.1) is 6.04 Å². The Hall–Kier alpha value is -2.56. The molecule has 0 saturated heterocycles. The van der Waals surface area contributed by atoms with Gasteiger partial charge in [0.15, 0.2) is 0 Å². The lowest BCUT2D eigenvalue weighted by atomic mass is 9.69. The maximum Gasteiger partial charge on any atom is 0.410 e. The zero-order valence-corrected chi connectivity index (χ0v) is 15.4. The highest BCUT2D eigenvalue weighted by Gasteiger charge is 2.51. The van der Waals surface area contributed by atoms with Gasteiger partial charge in [-0.2, -0.15) is 0 Å². The van der Waals surface area contributed by atoms with E-state index in [0.29, 0.717) is 19.4 Å². The Labute approximate surface area is 154 Å². The van der Waals surface area contributed by atoms with E-state index < -0.39 is 29.1 Å². The summed E-state index contributed by atoms with van der Waals surface area (Å²) in [5.41, 5.74) is 0.118. The summed E-state index contributed by atoms with van der Waals surface area (Å²) in [6.07, 6.45) is 7.69. The lowest BCUT2D eigenvalue weighted by molar-refractivity contribution is -0.150. The van der Waals surface area contributed by atoms with Crippen LogP contribution in [0.5, 0.6) is 0 Å². The number of rotatable bonds is 2. The Morgan fingerprint density at radius 1 is 1.23 bits per heavy atom. The van der Waals surface area contributed by atoms with Crippen LogP contribution in [-0.2, 0) is 16.0 Å². The van der Waals surface area contributed by atoms with Gasteiger partial charge in [0, 0.05) is 6.54 Å². The molecule has 0 radical (unpaired) electrons. The summed E-state index contributed by atoms with van der Waals surface area (Å²) in [6, 6.07) is 7.16. The van der Waals surface area contributed by atoms with E-state index in [0.717, 1.165) is 11.1 Å². The van der Waals surface area contributed by atoms with Crippen LogP contribution in [0.25, 0.3) is 0 Å². The first-order valence-corrected chi connectivity index (χ1v) is 8.90. The van der Waals surface area contributed by atoms with Crippen LogP contribution in [0.1, 0.15) is 44.4 Å². The molecule has 0 bridgehead atoms. The predicted molar refractivity (Wildman–Crippen MR) is 98.8 cm³/mol. The third-order valence-corrected chi connectivity index (χ3v) is 4.89. The highest BCUT2D eigenvalue weighted by atomic mass is 16.6. The van der Waals surface area contributed by atoms with Crippen molar-refractivity contribution in [2.75, 3.05) is 6.54 Å². The minimum atomic E-state index is -1.21. The van der Waals surface area contributed by atoms with Crippen LogP contribution in [0.4, 0.5) is 4.79 Å². The second-order valence-corrected chi connectivity index (χ2v) is 7.86. The number of amides is 1. The minimum absolute atomic E-state index is 0.330. The molecule has 0 saturated carbocycles. The van der Waals surface area contributed by atoms with Gasteiger partial charge in [0.25, 0.3) is 0 Å². The van der Waals surface area contributed by atoms with Crippen LogP contribution in [-0.4, -0.2) is 34.2 Å². The molecule has 1 unspecified atom stereocenters. The molecule has 5 heteroatoms. The molecule has 3 rings (SSSR count). The first-order chi connectivity index (χ1) is 12.2. The summed E-state index contributed by atoms with van der Waals surface area (Å²) in [5.74, 6) is -0.937. The molecule has 5 nitrogen and oxygen atoms in total. The molecule has 26 heavy (non-hydrogen) atoms. The molecular formula is C21H25NO4. The van der Waals surface area contributed by atoms with Crippen molar-refractivity contribution >= 4 is 12.1 Å². The van der Waals surface area contributed by atoms with Gasteiger partial charge in [-0.05, 0) is 44.7 Å².